The van der Waals surface area contributed by atoms with E-state index in [2.05, 4.69) is 26.1 Å². The van der Waals surface area contributed by atoms with Gasteiger partial charge in [0.1, 0.15) is 0 Å². The standard InChI is InChI=1S/C9H19NO/c1-9(2,3)10-7-5-4-6-8(7)11/h7-8,10-11H,4-6H2,1-3H3/t7-,8-/m0/s1. The number of rotatable bonds is 1. The Balaban J connectivity index is 2.37. The summed E-state index contributed by atoms with van der Waals surface area (Å²) in [4.78, 5) is 0. The minimum Gasteiger partial charge on any atom is -0.392 e. The highest BCUT2D eigenvalue weighted by molar-refractivity contribution is 4.87. The molecule has 0 spiro atoms. The number of nitrogens with one attached hydrogen (secondary N) is 1. The highest BCUT2D eigenvalue weighted by Gasteiger charge is 2.27. The Hall–Kier alpha value is -0.0800. The van der Waals surface area contributed by atoms with Crippen molar-refractivity contribution in [1.82, 2.24) is 5.32 Å². The van der Waals surface area contributed by atoms with Gasteiger partial charge in [-0.15, -0.1) is 0 Å². The molecule has 0 aromatic heterocycles. The Morgan fingerprint density at radius 3 is 2.27 bits per heavy atom. The highest BCUT2D eigenvalue weighted by atomic mass is 16.3. The maximum Gasteiger partial charge on any atom is 0.0693 e. The molecule has 11 heavy (non-hydrogen) atoms. The summed E-state index contributed by atoms with van der Waals surface area (Å²) in [6.45, 7) is 6.41. The molecule has 0 aliphatic heterocycles. The van der Waals surface area contributed by atoms with Gasteiger partial charge in [0.05, 0.1) is 6.10 Å². The van der Waals surface area contributed by atoms with Gasteiger partial charge in [-0.25, -0.2) is 0 Å². The molecule has 2 N–H and O–H groups in total. The summed E-state index contributed by atoms with van der Waals surface area (Å²) in [6.07, 6.45) is 3.13. The molecule has 2 atom stereocenters. The summed E-state index contributed by atoms with van der Waals surface area (Å²) in [5.74, 6) is 0. The quantitative estimate of drug-likeness (QED) is 0.601. The van der Waals surface area contributed by atoms with Crippen LogP contribution in [0.5, 0.6) is 0 Å². The fourth-order valence-corrected chi connectivity index (χ4v) is 1.67. The molecule has 0 radical (unpaired) electrons. The molecule has 1 saturated carbocycles. The smallest absolute Gasteiger partial charge is 0.0693 e. The van der Waals surface area contributed by atoms with Crippen molar-refractivity contribution in [3.8, 4) is 0 Å². The van der Waals surface area contributed by atoms with Crippen LogP contribution < -0.4 is 5.32 Å². The van der Waals surface area contributed by atoms with Gasteiger partial charge < -0.3 is 10.4 Å². The Kier molecular flexibility index (Phi) is 2.55. The Morgan fingerprint density at radius 1 is 1.27 bits per heavy atom. The van der Waals surface area contributed by atoms with Crippen molar-refractivity contribution in [2.75, 3.05) is 0 Å². The number of aliphatic hydroxyl groups is 1. The first kappa shape index (κ1) is 9.01. The van der Waals surface area contributed by atoms with E-state index in [1.807, 2.05) is 0 Å². The van der Waals surface area contributed by atoms with E-state index in [1.165, 1.54) is 0 Å². The molecule has 1 rings (SSSR count). The largest absolute Gasteiger partial charge is 0.392 e. The SMILES string of the molecule is CC(C)(C)N[C@H]1CCC[C@@H]1O. The average Bonchev–Trinajstić information content (AvgIpc) is 2.12. The van der Waals surface area contributed by atoms with Crippen molar-refractivity contribution in [1.29, 1.82) is 0 Å². The molecule has 1 aliphatic rings. The molecule has 0 aromatic carbocycles. The molecule has 0 saturated heterocycles. The van der Waals surface area contributed by atoms with Gasteiger partial charge in [0.15, 0.2) is 0 Å². The zero-order valence-corrected chi connectivity index (χ0v) is 7.72. The summed E-state index contributed by atoms with van der Waals surface area (Å²) in [6, 6.07) is 0.329. The Morgan fingerprint density at radius 2 is 1.91 bits per heavy atom. The van der Waals surface area contributed by atoms with E-state index in [1.54, 1.807) is 0 Å². The minimum absolute atomic E-state index is 0.116. The lowest BCUT2D eigenvalue weighted by Gasteiger charge is -2.27. The third-order valence-electron chi connectivity index (χ3n) is 2.10. The lowest BCUT2D eigenvalue weighted by molar-refractivity contribution is 0.135. The van der Waals surface area contributed by atoms with Crippen LogP contribution >= 0.6 is 0 Å². The van der Waals surface area contributed by atoms with Gasteiger partial charge in [0, 0.05) is 11.6 Å². The van der Waals surface area contributed by atoms with Crippen LogP contribution in [0, 0.1) is 0 Å². The van der Waals surface area contributed by atoms with Crippen LogP contribution in [0.2, 0.25) is 0 Å². The molecular weight excluding hydrogens is 138 g/mol. The van der Waals surface area contributed by atoms with Gasteiger partial charge in [-0.3, -0.25) is 0 Å². The van der Waals surface area contributed by atoms with Crippen LogP contribution in [-0.2, 0) is 0 Å². The van der Waals surface area contributed by atoms with Gasteiger partial charge in [-0.2, -0.15) is 0 Å². The molecule has 0 bridgehead atoms. The van der Waals surface area contributed by atoms with Crippen LogP contribution in [0.25, 0.3) is 0 Å². The Bertz CT molecular complexity index is 128. The second-order valence-electron chi connectivity index (χ2n) is 4.50. The van der Waals surface area contributed by atoms with E-state index in [-0.39, 0.29) is 11.6 Å². The maximum atomic E-state index is 9.49. The number of hydrogen-bond acceptors (Lipinski definition) is 2. The van der Waals surface area contributed by atoms with Gasteiger partial charge >= 0.3 is 0 Å². The number of hydrogen-bond donors (Lipinski definition) is 2. The molecule has 2 heteroatoms. The summed E-state index contributed by atoms with van der Waals surface area (Å²) in [7, 11) is 0. The van der Waals surface area contributed by atoms with E-state index >= 15 is 0 Å². The van der Waals surface area contributed by atoms with Crippen molar-refractivity contribution in [3.05, 3.63) is 0 Å². The fraction of sp³-hybridized carbons (Fsp3) is 1.00. The van der Waals surface area contributed by atoms with Crippen molar-refractivity contribution >= 4 is 0 Å². The van der Waals surface area contributed by atoms with E-state index in [9.17, 15) is 5.11 Å². The van der Waals surface area contributed by atoms with Gasteiger partial charge in [-0.05, 0) is 40.0 Å². The third-order valence-corrected chi connectivity index (χ3v) is 2.10. The summed E-state index contributed by atoms with van der Waals surface area (Å²) < 4.78 is 0. The first-order valence-corrected chi connectivity index (χ1v) is 4.45. The van der Waals surface area contributed by atoms with Crippen molar-refractivity contribution in [2.45, 2.75) is 57.7 Å². The topological polar surface area (TPSA) is 32.3 Å². The summed E-state index contributed by atoms with van der Waals surface area (Å²) >= 11 is 0. The van der Waals surface area contributed by atoms with E-state index in [0.29, 0.717) is 6.04 Å². The number of aliphatic hydroxyl groups excluding tert-OH is 1. The predicted octanol–water partition coefficient (Wildman–Crippen LogP) is 1.29. The van der Waals surface area contributed by atoms with Gasteiger partial charge in [-0.1, -0.05) is 0 Å². The normalized spacial score (nSPS) is 32.7. The van der Waals surface area contributed by atoms with Crippen LogP contribution in [0.4, 0.5) is 0 Å². The van der Waals surface area contributed by atoms with Crippen LogP contribution in [0.3, 0.4) is 0 Å². The predicted molar refractivity (Wildman–Crippen MR) is 46.5 cm³/mol. The maximum absolute atomic E-state index is 9.49. The molecule has 2 nitrogen and oxygen atoms in total. The summed E-state index contributed by atoms with van der Waals surface area (Å²) in [5, 5.41) is 12.9. The van der Waals surface area contributed by atoms with Gasteiger partial charge in [0.25, 0.3) is 0 Å². The molecular formula is C9H19NO. The van der Waals surface area contributed by atoms with Crippen LogP contribution in [0.1, 0.15) is 40.0 Å². The Labute approximate surface area is 69.0 Å². The van der Waals surface area contributed by atoms with Crippen LogP contribution in [0.15, 0.2) is 0 Å². The average molecular weight is 157 g/mol. The second-order valence-corrected chi connectivity index (χ2v) is 4.50. The van der Waals surface area contributed by atoms with Crippen LogP contribution in [-0.4, -0.2) is 22.8 Å². The zero-order chi connectivity index (χ0) is 8.48. The zero-order valence-electron chi connectivity index (χ0n) is 7.72. The molecule has 66 valence electrons. The molecule has 1 aliphatic carbocycles. The fourth-order valence-electron chi connectivity index (χ4n) is 1.67. The highest BCUT2D eigenvalue weighted by Crippen LogP contribution is 2.20. The summed E-state index contributed by atoms with van der Waals surface area (Å²) in [5.41, 5.74) is 0.135. The molecule has 0 heterocycles. The van der Waals surface area contributed by atoms with Gasteiger partial charge in [0.2, 0.25) is 0 Å². The van der Waals surface area contributed by atoms with E-state index in [0.717, 1.165) is 19.3 Å². The van der Waals surface area contributed by atoms with Crippen molar-refractivity contribution < 1.29 is 5.11 Å². The third kappa shape index (κ3) is 2.80. The first-order chi connectivity index (χ1) is 4.99. The van der Waals surface area contributed by atoms with E-state index < -0.39 is 0 Å². The monoisotopic (exact) mass is 157 g/mol. The van der Waals surface area contributed by atoms with Crippen molar-refractivity contribution in [3.63, 3.8) is 0 Å². The lowest BCUT2D eigenvalue weighted by atomic mass is 10.1. The second kappa shape index (κ2) is 3.11. The van der Waals surface area contributed by atoms with E-state index in [4.69, 9.17) is 0 Å². The molecule has 0 unspecified atom stereocenters. The minimum atomic E-state index is -0.116. The molecule has 0 amide bonds. The molecule has 0 aromatic rings. The first-order valence-electron chi connectivity index (χ1n) is 4.45. The molecule has 1 fully saturated rings. The lowest BCUT2D eigenvalue weighted by Crippen LogP contribution is -2.47. The van der Waals surface area contributed by atoms with Crippen molar-refractivity contribution in [2.24, 2.45) is 0 Å².